The topological polar surface area (TPSA) is 23.8 Å². The van der Waals surface area contributed by atoms with Crippen molar-refractivity contribution < 1.29 is 1.43 Å². The minimum atomic E-state index is 0. The Bertz CT molecular complexity index is 361. The average Bonchev–Trinajstić information content (AvgIpc) is 2.50. The van der Waals surface area contributed by atoms with Gasteiger partial charge in [-0.25, -0.2) is 0 Å². The molecule has 1 aromatic rings. The highest BCUT2D eigenvalue weighted by atomic mass is 14.2. The Morgan fingerprint density at radius 1 is 1.45 bits per heavy atom. The predicted octanol–water partition coefficient (Wildman–Crippen LogP) is 2.24. The highest BCUT2D eigenvalue weighted by Gasteiger charge is 2.07. The van der Waals surface area contributed by atoms with Crippen LogP contribution in [0.4, 0.5) is 0 Å². The van der Waals surface area contributed by atoms with Gasteiger partial charge < -0.3 is 0 Å². The van der Waals surface area contributed by atoms with Gasteiger partial charge in [0.1, 0.15) is 0 Å². The van der Waals surface area contributed by atoms with Gasteiger partial charge in [-0.1, -0.05) is 24.3 Å². The van der Waals surface area contributed by atoms with Gasteiger partial charge in [-0.2, -0.15) is 5.26 Å². The van der Waals surface area contributed by atoms with Gasteiger partial charge in [0.2, 0.25) is 0 Å². The third-order valence-corrected chi connectivity index (χ3v) is 1.94. The Labute approximate surface area is 67.1 Å². The molecule has 1 nitrogen and oxygen atoms in total. The van der Waals surface area contributed by atoms with Crippen LogP contribution in [0, 0.1) is 11.3 Å². The van der Waals surface area contributed by atoms with Crippen LogP contribution in [-0.2, 0) is 6.42 Å². The molecule has 0 saturated heterocycles. The summed E-state index contributed by atoms with van der Waals surface area (Å²) in [5, 5.41) is 8.72. The summed E-state index contributed by atoms with van der Waals surface area (Å²) in [7, 11) is 0. The fourth-order valence-corrected chi connectivity index (χ4v) is 1.39. The number of rotatable bonds is 0. The molecule has 0 N–H and O–H groups in total. The molecule has 0 bridgehead atoms. The van der Waals surface area contributed by atoms with E-state index in [-0.39, 0.29) is 1.43 Å². The maximum absolute atomic E-state index is 8.72. The van der Waals surface area contributed by atoms with Gasteiger partial charge >= 0.3 is 1.43 Å². The molecule has 1 heteroatoms. The van der Waals surface area contributed by atoms with Crippen molar-refractivity contribution in [1.82, 2.24) is 0 Å². The summed E-state index contributed by atoms with van der Waals surface area (Å²) in [4.78, 5) is 0. The summed E-state index contributed by atoms with van der Waals surface area (Å²) in [5.74, 6) is 0. The fourth-order valence-electron chi connectivity index (χ4n) is 1.39. The molecule has 1 aromatic carbocycles. The second-order valence-corrected chi connectivity index (χ2v) is 2.60. The molecular formula is C10H8N+. The summed E-state index contributed by atoms with van der Waals surface area (Å²) in [5.41, 5.74) is 3.16. The maximum atomic E-state index is 8.72. The first kappa shape index (κ1) is 6.18. The SMILES string of the molecule is N#Cc1cccc2c1C=CC2.[H+]. The molecule has 0 aromatic heterocycles. The highest BCUT2D eigenvalue weighted by molar-refractivity contribution is 5.66. The Hall–Kier alpha value is -1.55. The first-order valence-corrected chi connectivity index (χ1v) is 3.60. The van der Waals surface area contributed by atoms with E-state index in [0.717, 1.165) is 17.5 Å². The number of allylic oxidation sites excluding steroid dienone is 1. The minimum Gasteiger partial charge on any atom is -0.192 e. The van der Waals surface area contributed by atoms with Gasteiger partial charge in [-0.15, -0.1) is 0 Å². The van der Waals surface area contributed by atoms with Crippen molar-refractivity contribution in [2.45, 2.75) is 6.42 Å². The van der Waals surface area contributed by atoms with Crippen molar-refractivity contribution >= 4 is 6.08 Å². The third-order valence-electron chi connectivity index (χ3n) is 1.94. The van der Waals surface area contributed by atoms with Crippen molar-refractivity contribution in [2.75, 3.05) is 0 Å². The molecule has 0 heterocycles. The molecule has 52 valence electrons. The summed E-state index contributed by atoms with van der Waals surface area (Å²) in [6, 6.07) is 8.03. The summed E-state index contributed by atoms with van der Waals surface area (Å²) >= 11 is 0. The number of fused-ring (bicyclic) bond motifs is 1. The smallest absolute Gasteiger partial charge is 0.192 e. The predicted molar refractivity (Wildman–Crippen MR) is 45.0 cm³/mol. The maximum Gasteiger partial charge on any atom is 1.00 e. The van der Waals surface area contributed by atoms with Crippen LogP contribution in [0.15, 0.2) is 24.3 Å². The molecule has 0 radical (unpaired) electrons. The molecule has 0 atom stereocenters. The van der Waals surface area contributed by atoms with Crippen molar-refractivity contribution in [3.63, 3.8) is 0 Å². The Morgan fingerprint density at radius 2 is 2.36 bits per heavy atom. The molecule has 0 saturated carbocycles. The zero-order valence-corrected chi connectivity index (χ0v) is 6.04. The van der Waals surface area contributed by atoms with E-state index in [4.69, 9.17) is 5.26 Å². The van der Waals surface area contributed by atoms with Gasteiger partial charge in [0.05, 0.1) is 11.6 Å². The molecule has 0 aliphatic heterocycles. The van der Waals surface area contributed by atoms with Crippen LogP contribution in [0.3, 0.4) is 0 Å². The van der Waals surface area contributed by atoms with Crippen molar-refractivity contribution in [1.29, 1.82) is 5.26 Å². The van der Waals surface area contributed by atoms with E-state index in [1.807, 2.05) is 18.2 Å². The Kier molecular flexibility index (Phi) is 1.26. The van der Waals surface area contributed by atoms with E-state index in [2.05, 4.69) is 18.2 Å². The molecular weight excluding hydrogens is 134 g/mol. The lowest BCUT2D eigenvalue weighted by Crippen LogP contribution is -1.84. The average molecular weight is 142 g/mol. The third kappa shape index (κ3) is 0.841. The fraction of sp³-hybridized carbons (Fsp3) is 0.100. The van der Waals surface area contributed by atoms with E-state index in [0.29, 0.717) is 0 Å². The number of nitriles is 1. The lowest BCUT2D eigenvalue weighted by Gasteiger charge is -1.98. The zero-order valence-electron chi connectivity index (χ0n) is 7.04. The van der Waals surface area contributed by atoms with Crippen molar-refractivity contribution in [2.24, 2.45) is 0 Å². The molecule has 1 aliphatic carbocycles. The quantitative estimate of drug-likeness (QED) is 0.545. The van der Waals surface area contributed by atoms with Gasteiger partial charge in [-0.3, -0.25) is 0 Å². The molecule has 0 unspecified atom stereocenters. The Balaban J connectivity index is 0.000000720. The van der Waals surface area contributed by atoms with E-state index in [9.17, 15) is 0 Å². The van der Waals surface area contributed by atoms with Gasteiger partial charge in [0.25, 0.3) is 0 Å². The summed E-state index contributed by atoms with van der Waals surface area (Å²) < 4.78 is 0. The molecule has 1 aliphatic rings. The lowest BCUT2D eigenvalue weighted by atomic mass is 10.0. The number of hydrogen-bond acceptors (Lipinski definition) is 1. The van der Waals surface area contributed by atoms with Gasteiger partial charge in [0, 0.05) is 0 Å². The minimum absolute atomic E-state index is 0. The highest BCUT2D eigenvalue weighted by Crippen LogP contribution is 2.22. The van der Waals surface area contributed by atoms with Crippen molar-refractivity contribution in [3.8, 4) is 6.07 Å². The van der Waals surface area contributed by atoms with E-state index in [1.165, 1.54) is 5.56 Å². The van der Waals surface area contributed by atoms with E-state index >= 15 is 0 Å². The summed E-state index contributed by atoms with van der Waals surface area (Å²) in [6.07, 6.45) is 5.09. The second-order valence-electron chi connectivity index (χ2n) is 2.60. The van der Waals surface area contributed by atoms with Crippen LogP contribution < -0.4 is 0 Å². The van der Waals surface area contributed by atoms with Crippen LogP contribution >= 0.6 is 0 Å². The number of hydrogen-bond donors (Lipinski definition) is 0. The lowest BCUT2D eigenvalue weighted by molar-refractivity contribution is 1.30. The standard InChI is InChI=1S/C10H7N/c11-7-9-5-1-3-8-4-2-6-10(8)9/h1-3,5-6H,4H2/p+1. The van der Waals surface area contributed by atoms with Gasteiger partial charge in [-0.05, 0) is 23.6 Å². The first-order chi connectivity index (χ1) is 5.42. The summed E-state index contributed by atoms with van der Waals surface area (Å²) in [6.45, 7) is 0. The largest absolute Gasteiger partial charge is 1.00 e. The molecule has 0 amide bonds. The molecule has 11 heavy (non-hydrogen) atoms. The van der Waals surface area contributed by atoms with Crippen molar-refractivity contribution in [3.05, 3.63) is 41.0 Å². The number of nitrogens with zero attached hydrogens (tertiary/aromatic N) is 1. The second kappa shape index (κ2) is 2.25. The van der Waals surface area contributed by atoms with Crippen LogP contribution in [0.1, 0.15) is 18.1 Å². The normalized spacial score (nSPS) is 12.6. The van der Waals surface area contributed by atoms with E-state index in [1.54, 1.807) is 0 Å². The first-order valence-electron chi connectivity index (χ1n) is 3.60. The zero-order chi connectivity index (χ0) is 7.68. The van der Waals surface area contributed by atoms with E-state index < -0.39 is 0 Å². The van der Waals surface area contributed by atoms with Crippen LogP contribution in [0.2, 0.25) is 0 Å². The molecule has 0 fully saturated rings. The number of benzene rings is 1. The Morgan fingerprint density at radius 3 is 3.18 bits per heavy atom. The molecule has 2 rings (SSSR count). The van der Waals surface area contributed by atoms with Crippen LogP contribution in [-0.4, -0.2) is 0 Å². The monoisotopic (exact) mass is 142 g/mol. The molecule has 0 spiro atoms. The van der Waals surface area contributed by atoms with Crippen LogP contribution in [0.5, 0.6) is 0 Å². The van der Waals surface area contributed by atoms with Crippen LogP contribution in [0.25, 0.3) is 6.08 Å². The van der Waals surface area contributed by atoms with Gasteiger partial charge in [0.15, 0.2) is 0 Å².